The van der Waals surface area contributed by atoms with Gasteiger partial charge >= 0.3 is 0 Å². The molecule has 0 saturated carbocycles. The zero-order valence-corrected chi connectivity index (χ0v) is 9.84. The van der Waals surface area contributed by atoms with Crippen LogP contribution in [0.1, 0.15) is 6.42 Å². The van der Waals surface area contributed by atoms with Gasteiger partial charge in [-0.2, -0.15) is 0 Å². The van der Waals surface area contributed by atoms with Crippen LogP contribution in [0, 0.1) is 0 Å². The molecule has 0 aliphatic rings. The number of phenols is 1. The van der Waals surface area contributed by atoms with E-state index >= 15 is 0 Å². The number of ether oxygens (including phenoxy) is 1. The molecule has 98 valence electrons. The third kappa shape index (κ3) is 3.63. The number of nitrogens with one attached hydrogen (secondary N) is 1. The summed E-state index contributed by atoms with van der Waals surface area (Å²) in [6.45, 7) is 0. The van der Waals surface area contributed by atoms with E-state index in [4.69, 9.17) is 16.2 Å². The van der Waals surface area contributed by atoms with Crippen molar-refractivity contribution in [1.29, 1.82) is 0 Å². The summed E-state index contributed by atoms with van der Waals surface area (Å²) in [6.07, 6.45) is -0.242. The summed E-state index contributed by atoms with van der Waals surface area (Å²) in [7, 11) is 1.41. The largest absolute Gasteiger partial charge is 0.504 e. The highest BCUT2D eigenvalue weighted by Gasteiger charge is 2.16. The standard InChI is InChI=1S/C11H15N3O4/c1-18-9-3-2-6(4-8(9)15)14-11(17)7(12)5-10(13)16/h2-4,7,15H,5,12H2,1H3,(H2,13,16)(H,14,17). The number of benzene rings is 1. The molecule has 18 heavy (non-hydrogen) atoms. The van der Waals surface area contributed by atoms with Gasteiger partial charge in [-0.25, -0.2) is 0 Å². The Hall–Kier alpha value is -2.28. The number of aromatic hydroxyl groups is 1. The third-order valence-corrected chi connectivity index (χ3v) is 2.20. The summed E-state index contributed by atoms with van der Waals surface area (Å²) >= 11 is 0. The van der Waals surface area contributed by atoms with Crippen molar-refractivity contribution in [3.8, 4) is 11.5 Å². The maximum absolute atomic E-state index is 11.6. The molecule has 2 amide bonds. The van der Waals surface area contributed by atoms with E-state index in [1.165, 1.54) is 25.3 Å². The number of carbonyl (C=O) groups excluding carboxylic acids is 2. The Labute approximate surface area is 104 Å². The summed E-state index contributed by atoms with van der Waals surface area (Å²) in [5, 5.41) is 12.0. The van der Waals surface area contributed by atoms with Crippen LogP contribution < -0.4 is 21.5 Å². The maximum Gasteiger partial charge on any atom is 0.241 e. The number of carbonyl (C=O) groups is 2. The Morgan fingerprint density at radius 3 is 2.67 bits per heavy atom. The van der Waals surface area contributed by atoms with Crippen molar-refractivity contribution in [2.75, 3.05) is 12.4 Å². The van der Waals surface area contributed by atoms with Crippen molar-refractivity contribution < 1.29 is 19.4 Å². The first-order chi connectivity index (χ1) is 8.43. The molecule has 1 aromatic carbocycles. The van der Waals surface area contributed by atoms with Gasteiger partial charge in [-0.05, 0) is 12.1 Å². The molecular weight excluding hydrogens is 238 g/mol. The smallest absolute Gasteiger partial charge is 0.241 e. The summed E-state index contributed by atoms with van der Waals surface area (Å²) < 4.78 is 4.86. The molecule has 0 saturated heterocycles. The van der Waals surface area contributed by atoms with Crippen LogP contribution in [0.3, 0.4) is 0 Å². The zero-order valence-electron chi connectivity index (χ0n) is 9.84. The third-order valence-electron chi connectivity index (χ3n) is 2.20. The molecule has 0 spiro atoms. The molecule has 1 unspecified atom stereocenters. The fraction of sp³-hybridized carbons (Fsp3) is 0.273. The fourth-order valence-electron chi connectivity index (χ4n) is 1.31. The second-order valence-corrected chi connectivity index (χ2v) is 3.65. The van der Waals surface area contributed by atoms with Crippen LogP contribution in [0.4, 0.5) is 5.69 Å². The molecule has 0 aromatic heterocycles. The van der Waals surface area contributed by atoms with Crippen LogP contribution >= 0.6 is 0 Å². The highest BCUT2D eigenvalue weighted by atomic mass is 16.5. The van der Waals surface area contributed by atoms with Crippen molar-refractivity contribution in [2.45, 2.75) is 12.5 Å². The van der Waals surface area contributed by atoms with Gasteiger partial charge in [0, 0.05) is 11.8 Å². The first-order valence-corrected chi connectivity index (χ1v) is 5.15. The summed E-state index contributed by atoms with van der Waals surface area (Å²) in [5.41, 5.74) is 10.7. The number of nitrogens with two attached hydrogens (primary N) is 2. The van der Waals surface area contributed by atoms with Crippen molar-refractivity contribution in [1.82, 2.24) is 0 Å². The van der Waals surface area contributed by atoms with E-state index in [-0.39, 0.29) is 17.9 Å². The number of phenolic OH excluding ortho intramolecular Hbond substituents is 1. The predicted octanol–water partition coefficient (Wildman–Crippen LogP) is -0.458. The minimum absolute atomic E-state index is 0.112. The number of primary amides is 1. The highest BCUT2D eigenvalue weighted by Crippen LogP contribution is 2.28. The average molecular weight is 253 g/mol. The second-order valence-electron chi connectivity index (χ2n) is 3.65. The van der Waals surface area contributed by atoms with E-state index in [1.54, 1.807) is 0 Å². The number of anilines is 1. The van der Waals surface area contributed by atoms with E-state index < -0.39 is 17.9 Å². The first-order valence-electron chi connectivity index (χ1n) is 5.15. The van der Waals surface area contributed by atoms with Gasteiger partial charge < -0.3 is 26.6 Å². The highest BCUT2D eigenvalue weighted by molar-refractivity contribution is 5.97. The number of hydrogen-bond acceptors (Lipinski definition) is 5. The molecule has 0 radical (unpaired) electrons. The van der Waals surface area contributed by atoms with Crippen molar-refractivity contribution in [2.24, 2.45) is 11.5 Å². The van der Waals surface area contributed by atoms with Crippen molar-refractivity contribution >= 4 is 17.5 Å². The number of rotatable bonds is 5. The summed E-state index contributed by atoms with van der Waals surface area (Å²) in [5.74, 6) is -1.04. The van der Waals surface area contributed by atoms with Crippen LogP contribution in [0.25, 0.3) is 0 Å². The number of methoxy groups -OCH3 is 1. The normalized spacial score (nSPS) is 11.7. The van der Waals surface area contributed by atoms with Gasteiger partial charge in [0.1, 0.15) is 0 Å². The van der Waals surface area contributed by atoms with E-state index in [0.717, 1.165) is 0 Å². The minimum atomic E-state index is -1.02. The monoisotopic (exact) mass is 253 g/mol. The van der Waals surface area contributed by atoms with Gasteiger partial charge in [-0.3, -0.25) is 9.59 Å². The Bertz CT molecular complexity index is 462. The Balaban J connectivity index is 2.70. The summed E-state index contributed by atoms with van der Waals surface area (Å²) in [4.78, 5) is 22.2. The molecule has 0 aliphatic heterocycles. The molecule has 7 heteroatoms. The molecule has 1 aromatic rings. The summed E-state index contributed by atoms with van der Waals surface area (Å²) in [6, 6.07) is 3.32. The SMILES string of the molecule is COc1ccc(NC(=O)C(N)CC(N)=O)cc1O. The minimum Gasteiger partial charge on any atom is -0.504 e. The van der Waals surface area contributed by atoms with E-state index in [0.29, 0.717) is 5.69 Å². The van der Waals surface area contributed by atoms with Gasteiger partial charge in [-0.1, -0.05) is 0 Å². The first kappa shape index (κ1) is 13.8. The van der Waals surface area contributed by atoms with Gasteiger partial charge in [-0.15, -0.1) is 0 Å². The zero-order chi connectivity index (χ0) is 13.7. The van der Waals surface area contributed by atoms with Crippen LogP contribution in [0.2, 0.25) is 0 Å². The van der Waals surface area contributed by atoms with Crippen molar-refractivity contribution in [3.63, 3.8) is 0 Å². The number of amides is 2. The van der Waals surface area contributed by atoms with Gasteiger partial charge in [0.2, 0.25) is 11.8 Å². The van der Waals surface area contributed by atoms with Gasteiger partial charge in [0.05, 0.1) is 19.6 Å². The van der Waals surface area contributed by atoms with Crippen molar-refractivity contribution in [3.05, 3.63) is 18.2 Å². The topological polar surface area (TPSA) is 128 Å². The van der Waals surface area contributed by atoms with Gasteiger partial charge in [0.25, 0.3) is 0 Å². The van der Waals surface area contributed by atoms with E-state index in [9.17, 15) is 14.7 Å². The molecule has 7 nitrogen and oxygen atoms in total. The van der Waals surface area contributed by atoms with Crippen LogP contribution in [-0.2, 0) is 9.59 Å². The Kier molecular flexibility index (Phi) is 4.50. The number of hydrogen-bond donors (Lipinski definition) is 4. The molecule has 1 rings (SSSR count). The lowest BCUT2D eigenvalue weighted by molar-refractivity contribution is -0.123. The van der Waals surface area contributed by atoms with Crippen LogP contribution in [0.15, 0.2) is 18.2 Å². The molecule has 0 bridgehead atoms. The Morgan fingerprint density at radius 2 is 2.17 bits per heavy atom. The Morgan fingerprint density at radius 1 is 1.50 bits per heavy atom. The van der Waals surface area contributed by atoms with Crippen LogP contribution in [-0.4, -0.2) is 30.1 Å². The molecule has 0 heterocycles. The van der Waals surface area contributed by atoms with Crippen LogP contribution in [0.5, 0.6) is 11.5 Å². The fourth-order valence-corrected chi connectivity index (χ4v) is 1.31. The van der Waals surface area contributed by atoms with Gasteiger partial charge in [0.15, 0.2) is 11.5 Å². The second kappa shape index (κ2) is 5.87. The molecule has 0 aliphatic carbocycles. The molecule has 6 N–H and O–H groups in total. The quantitative estimate of drug-likeness (QED) is 0.564. The van der Waals surface area contributed by atoms with E-state index in [2.05, 4.69) is 5.32 Å². The predicted molar refractivity (Wildman–Crippen MR) is 65.1 cm³/mol. The average Bonchev–Trinajstić information content (AvgIpc) is 2.28. The maximum atomic E-state index is 11.6. The lowest BCUT2D eigenvalue weighted by Crippen LogP contribution is -2.38. The lowest BCUT2D eigenvalue weighted by Gasteiger charge is -2.11. The van der Waals surface area contributed by atoms with E-state index in [1.807, 2.05) is 0 Å². The lowest BCUT2D eigenvalue weighted by atomic mass is 10.2. The molecule has 0 fully saturated rings. The molecular formula is C11H15N3O4. The molecule has 1 atom stereocenters.